The van der Waals surface area contributed by atoms with Gasteiger partial charge in [0.25, 0.3) is 0 Å². The number of halogens is 3. The number of rotatable bonds is 5. The third-order valence-corrected chi connectivity index (χ3v) is 5.96. The molecule has 0 aliphatic carbocycles. The van der Waals surface area contributed by atoms with Crippen LogP contribution in [0.5, 0.6) is 0 Å². The number of nitrogens with zero attached hydrogens (tertiary/aromatic N) is 3. The smallest absolute Gasteiger partial charge is 0.325 e. The van der Waals surface area contributed by atoms with E-state index in [9.17, 15) is 18.0 Å². The molecule has 1 amide bonds. The first-order chi connectivity index (χ1) is 15.2. The predicted molar refractivity (Wildman–Crippen MR) is 118 cm³/mol. The van der Waals surface area contributed by atoms with E-state index in [1.54, 1.807) is 24.3 Å². The quantitative estimate of drug-likeness (QED) is 0.384. The molecule has 0 fully saturated rings. The molecule has 0 saturated heterocycles. The van der Waals surface area contributed by atoms with Crippen LogP contribution in [0.2, 0.25) is 0 Å². The molecule has 0 radical (unpaired) electrons. The Morgan fingerprint density at radius 3 is 2.34 bits per heavy atom. The first-order valence-electron chi connectivity index (χ1n) is 9.73. The summed E-state index contributed by atoms with van der Waals surface area (Å²) in [7, 11) is 0. The highest BCUT2D eigenvalue weighted by molar-refractivity contribution is 8.00. The van der Waals surface area contributed by atoms with Gasteiger partial charge in [0.2, 0.25) is 5.91 Å². The zero-order valence-electron chi connectivity index (χ0n) is 17.2. The molecule has 2 heterocycles. The molecule has 1 atom stereocenters. The number of alkyl halides is 3. The average molecular weight is 456 g/mol. The number of aromatic nitrogens is 3. The minimum Gasteiger partial charge on any atom is -0.325 e. The van der Waals surface area contributed by atoms with Crippen molar-refractivity contribution in [2.45, 2.75) is 30.4 Å². The Hall–Kier alpha value is -3.33. The summed E-state index contributed by atoms with van der Waals surface area (Å²) in [5, 5.41) is 10.3. The van der Waals surface area contributed by atoms with E-state index in [-0.39, 0.29) is 16.7 Å². The summed E-state index contributed by atoms with van der Waals surface area (Å²) in [6, 6.07) is 17.0. The number of carbonyl (C=O) groups is 1. The van der Waals surface area contributed by atoms with Gasteiger partial charge < -0.3 is 5.32 Å². The molecule has 5 nitrogen and oxygen atoms in total. The summed E-state index contributed by atoms with van der Waals surface area (Å²) >= 11 is 1.04. The highest BCUT2D eigenvalue weighted by atomic mass is 32.2. The van der Waals surface area contributed by atoms with E-state index < -0.39 is 17.0 Å². The fraction of sp³-hybridized carbons (Fsp3) is 0.174. The van der Waals surface area contributed by atoms with Gasteiger partial charge in [-0.1, -0.05) is 48.2 Å². The molecule has 0 saturated carbocycles. The van der Waals surface area contributed by atoms with E-state index in [2.05, 4.69) is 15.5 Å². The van der Waals surface area contributed by atoms with Crippen LogP contribution in [0.25, 0.3) is 5.65 Å². The minimum atomic E-state index is -4.50. The highest BCUT2D eigenvalue weighted by Gasteiger charge is 2.32. The van der Waals surface area contributed by atoms with E-state index in [1.807, 2.05) is 38.1 Å². The number of anilines is 1. The summed E-state index contributed by atoms with van der Waals surface area (Å²) in [5.74, 6) is -0.310. The molecule has 2 aromatic heterocycles. The van der Waals surface area contributed by atoms with Crippen LogP contribution >= 0.6 is 11.8 Å². The van der Waals surface area contributed by atoms with Crippen LogP contribution in [-0.4, -0.2) is 20.5 Å². The van der Waals surface area contributed by atoms with Gasteiger partial charge in [0, 0.05) is 11.9 Å². The Balaban J connectivity index is 1.70. The predicted octanol–water partition coefficient (Wildman–Crippen LogP) is 5.84. The molecule has 9 heteroatoms. The molecule has 4 aromatic rings. The van der Waals surface area contributed by atoms with Crippen LogP contribution in [0.4, 0.5) is 18.9 Å². The van der Waals surface area contributed by atoms with Gasteiger partial charge in [0.15, 0.2) is 10.8 Å². The van der Waals surface area contributed by atoms with E-state index in [4.69, 9.17) is 0 Å². The summed E-state index contributed by atoms with van der Waals surface area (Å²) in [5.41, 5.74) is 2.81. The van der Waals surface area contributed by atoms with Crippen LogP contribution in [0.15, 0.2) is 72.0 Å². The van der Waals surface area contributed by atoms with E-state index in [0.29, 0.717) is 11.3 Å². The van der Waals surface area contributed by atoms with Gasteiger partial charge in [-0.15, -0.1) is 10.2 Å². The number of fused-ring (bicyclic) bond motifs is 1. The Morgan fingerprint density at radius 1 is 1.00 bits per heavy atom. The summed E-state index contributed by atoms with van der Waals surface area (Å²) in [4.78, 5) is 13.3. The van der Waals surface area contributed by atoms with Gasteiger partial charge in [-0.2, -0.15) is 13.2 Å². The van der Waals surface area contributed by atoms with Crippen molar-refractivity contribution in [3.8, 4) is 0 Å². The second-order valence-electron chi connectivity index (χ2n) is 7.40. The summed E-state index contributed by atoms with van der Waals surface area (Å²) in [6.07, 6.45) is -3.55. The Morgan fingerprint density at radius 2 is 1.69 bits per heavy atom. The van der Waals surface area contributed by atoms with Gasteiger partial charge in [-0.05, 0) is 54.8 Å². The molecule has 0 bridgehead atoms. The topological polar surface area (TPSA) is 59.3 Å². The largest absolute Gasteiger partial charge is 0.417 e. The van der Waals surface area contributed by atoms with Gasteiger partial charge in [-0.25, -0.2) is 0 Å². The maximum atomic E-state index is 13.3. The Kier molecular flexibility index (Phi) is 5.92. The van der Waals surface area contributed by atoms with Crippen LogP contribution < -0.4 is 5.32 Å². The second kappa shape index (κ2) is 8.66. The molecule has 1 unspecified atom stereocenters. The average Bonchev–Trinajstić information content (AvgIpc) is 3.13. The Labute approximate surface area is 186 Å². The van der Waals surface area contributed by atoms with Crippen molar-refractivity contribution in [1.82, 2.24) is 14.6 Å². The monoisotopic (exact) mass is 456 g/mol. The zero-order chi connectivity index (χ0) is 22.9. The first-order valence-corrected chi connectivity index (χ1v) is 10.6. The molecule has 0 aliphatic rings. The van der Waals surface area contributed by atoms with Crippen molar-refractivity contribution in [3.63, 3.8) is 0 Å². The fourth-order valence-electron chi connectivity index (χ4n) is 3.38. The molecular formula is C23H19F3N4OS. The van der Waals surface area contributed by atoms with Gasteiger partial charge >= 0.3 is 6.18 Å². The standard InChI is InChI=1S/C23H19F3N4OS/c1-14-10-15(2)12-18(11-14)27-21(31)20(16-6-4-3-5-7-16)32-22-29-28-19-9-8-17(13-30(19)22)23(24,25)26/h3-13,20H,1-2H3,(H,27,31). The van der Waals surface area contributed by atoms with Crippen molar-refractivity contribution < 1.29 is 18.0 Å². The molecule has 1 N–H and O–H groups in total. The van der Waals surface area contributed by atoms with E-state index >= 15 is 0 Å². The zero-order valence-corrected chi connectivity index (χ0v) is 18.0. The lowest BCUT2D eigenvalue weighted by molar-refractivity contribution is -0.137. The van der Waals surface area contributed by atoms with Gasteiger partial charge in [0.05, 0.1) is 5.56 Å². The summed E-state index contributed by atoms with van der Waals surface area (Å²) < 4.78 is 40.8. The minimum absolute atomic E-state index is 0.190. The molecule has 0 aliphatic heterocycles. The first kappa shape index (κ1) is 21.9. The van der Waals surface area contributed by atoms with Crippen LogP contribution in [0, 0.1) is 13.8 Å². The number of hydrogen-bond acceptors (Lipinski definition) is 4. The maximum Gasteiger partial charge on any atom is 0.417 e. The molecular weight excluding hydrogens is 437 g/mol. The number of nitrogens with one attached hydrogen (secondary N) is 1. The third-order valence-electron chi connectivity index (χ3n) is 4.75. The number of thioether (sulfide) groups is 1. The number of amides is 1. The Bertz CT molecular complexity index is 1250. The lowest BCUT2D eigenvalue weighted by Gasteiger charge is -2.17. The van der Waals surface area contributed by atoms with E-state index in [0.717, 1.165) is 35.2 Å². The van der Waals surface area contributed by atoms with Crippen LogP contribution in [-0.2, 0) is 11.0 Å². The van der Waals surface area contributed by atoms with Gasteiger partial charge in [-0.3, -0.25) is 9.20 Å². The molecule has 4 rings (SSSR count). The molecule has 32 heavy (non-hydrogen) atoms. The summed E-state index contributed by atoms with van der Waals surface area (Å²) in [6.45, 7) is 3.87. The number of benzene rings is 2. The van der Waals surface area contributed by atoms with Gasteiger partial charge in [0.1, 0.15) is 5.25 Å². The normalized spacial score (nSPS) is 12.7. The second-order valence-corrected chi connectivity index (χ2v) is 8.47. The van der Waals surface area contributed by atoms with Crippen molar-refractivity contribution >= 4 is 29.0 Å². The molecule has 2 aromatic carbocycles. The van der Waals surface area contributed by atoms with Crippen molar-refractivity contribution in [2.75, 3.05) is 5.32 Å². The lowest BCUT2D eigenvalue weighted by atomic mass is 10.1. The third kappa shape index (κ3) is 4.77. The molecule has 164 valence electrons. The highest BCUT2D eigenvalue weighted by Crippen LogP contribution is 2.37. The fourth-order valence-corrected chi connectivity index (χ4v) is 4.40. The number of pyridine rings is 1. The van der Waals surface area contributed by atoms with Crippen molar-refractivity contribution in [2.24, 2.45) is 0 Å². The van der Waals surface area contributed by atoms with Crippen molar-refractivity contribution in [1.29, 1.82) is 0 Å². The van der Waals surface area contributed by atoms with Crippen LogP contribution in [0.3, 0.4) is 0 Å². The SMILES string of the molecule is Cc1cc(C)cc(NC(=O)C(Sc2nnc3ccc(C(F)(F)F)cn23)c2ccccc2)c1. The maximum absolute atomic E-state index is 13.3. The number of aryl methyl sites for hydroxylation is 2. The number of carbonyl (C=O) groups excluding carboxylic acids is 1. The molecule has 0 spiro atoms. The number of hydrogen-bond donors (Lipinski definition) is 1. The lowest BCUT2D eigenvalue weighted by Crippen LogP contribution is -2.19. The van der Waals surface area contributed by atoms with Crippen molar-refractivity contribution in [3.05, 3.63) is 89.1 Å². The van der Waals surface area contributed by atoms with Crippen LogP contribution in [0.1, 0.15) is 27.5 Å². The van der Waals surface area contributed by atoms with E-state index in [1.165, 1.54) is 10.5 Å².